The van der Waals surface area contributed by atoms with Crippen molar-refractivity contribution in [1.29, 1.82) is 0 Å². The molecule has 0 aliphatic carbocycles. The molecule has 0 saturated heterocycles. The number of carbonyl (C=O) groups excluding carboxylic acids is 10. The highest BCUT2D eigenvalue weighted by Crippen LogP contribution is 2.12. The molecule has 0 saturated carbocycles. The third kappa shape index (κ3) is 25.2. The second-order valence-electron chi connectivity index (χ2n) is 19.4. The highest BCUT2D eigenvalue weighted by molar-refractivity contribution is 7.98. The fourth-order valence-corrected chi connectivity index (χ4v) is 7.68. The average Bonchev–Trinajstić information content (AvgIpc) is 3.86. The molecule has 0 bridgehead atoms. The topological polar surface area (TPSA) is 492 Å². The van der Waals surface area contributed by atoms with Crippen LogP contribution in [0.1, 0.15) is 99.1 Å². The Morgan fingerprint density at radius 3 is 1.47 bits per heavy atom. The molecule has 0 radical (unpaired) electrons. The lowest BCUT2D eigenvalue weighted by molar-refractivity contribution is -0.147. The number of primary amides is 1. The Balaban J connectivity index is 3.36. The number of nitrogens with two attached hydrogens (primary N) is 2. The summed E-state index contributed by atoms with van der Waals surface area (Å²) in [6.07, 6.45) is 1.37. The number of hydrogen-bond acceptors (Lipinski definition) is 17. The molecule has 1 aromatic rings. The standard InChI is InChI=1S/C47H77N13O17S/c1-21(2)15-26(48)39(68)53-28(10-12-34(63)64)40(69)52-24(7)38(67)59-37(23(5)6)46(75)60-36(22(3)4)45(74)56-30(16-25-18-50-20-51-25)43(72)55-29(13-14-78-8)42(71)58-32(19-61)44(73)54-27(9-11-33(49)62)41(70)57-31(47(76)77)17-35(65)66/h18,20-24,26-32,36-37,61H,9-17,19,48H2,1-8H3,(H2,49,62)(H,50,51)(H,52,69)(H,53,68)(H,54,73)(H,55,72)(H,56,74)(H,57,70)(H,58,71)(H,59,67)(H,60,75)(H,63,64)(H,65,66)(H,76,77)/t24-,26-,27-,28-,29-,30-,31-,32-,36-,37-/m0/s1. The first-order valence-electron chi connectivity index (χ1n) is 24.9. The van der Waals surface area contributed by atoms with Crippen molar-refractivity contribution in [3.63, 3.8) is 0 Å². The average molecular weight is 1130 g/mol. The quantitative estimate of drug-likeness (QED) is 0.0298. The number of carboxylic acid groups (broad SMARTS) is 3. The molecule has 0 aliphatic heterocycles. The molecule has 0 spiro atoms. The number of hydrogen-bond donors (Lipinski definition) is 16. The van der Waals surface area contributed by atoms with Crippen molar-refractivity contribution in [2.75, 3.05) is 18.6 Å². The minimum absolute atomic E-state index is 0.0301. The van der Waals surface area contributed by atoms with Gasteiger partial charge < -0.3 is 84.7 Å². The molecule has 1 heterocycles. The number of thioether (sulfide) groups is 1. The molecule has 10 atom stereocenters. The van der Waals surface area contributed by atoms with E-state index in [1.165, 1.54) is 31.2 Å². The number of carbonyl (C=O) groups is 13. The van der Waals surface area contributed by atoms with Crippen molar-refractivity contribution in [2.24, 2.45) is 29.2 Å². The Kier molecular flexibility index (Phi) is 30.2. The SMILES string of the molecule is CSCC[C@H](NC(=O)[C@H](Cc1cnc[nH]1)NC(=O)[C@@H](NC(=O)[C@@H](NC(=O)[C@H](C)NC(=O)[C@H](CCC(=O)O)NC(=O)[C@@H](N)CC(C)C)C(C)C)C(C)C)C(=O)N[C@@H](CO)C(=O)N[C@@H](CCC(N)=O)C(=O)N[C@@H](CC(=O)O)C(=O)O. The van der Waals surface area contributed by atoms with Gasteiger partial charge in [-0.2, -0.15) is 11.8 Å². The number of nitrogens with zero attached hydrogens (tertiary/aromatic N) is 1. The molecule has 18 N–H and O–H groups in total. The predicted molar refractivity (Wildman–Crippen MR) is 278 cm³/mol. The highest BCUT2D eigenvalue weighted by Gasteiger charge is 2.37. The fourth-order valence-electron chi connectivity index (χ4n) is 7.21. The summed E-state index contributed by atoms with van der Waals surface area (Å²) in [5.41, 5.74) is 11.5. The lowest BCUT2D eigenvalue weighted by Gasteiger charge is -2.29. The Hall–Kier alpha value is -7.41. The Bertz CT molecular complexity index is 2250. The lowest BCUT2D eigenvalue weighted by Crippen LogP contribution is -2.62. The summed E-state index contributed by atoms with van der Waals surface area (Å²) in [4.78, 5) is 175. The lowest BCUT2D eigenvalue weighted by atomic mass is 9.98. The van der Waals surface area contributed by atoms with E-state index >= 15 is 0 Å². The van der Waals surface area contributed by atoms with Gasteiger partial charge >= 0.3 is 17.9 Å². The molecule has 0 fully saturated rings. The van der Waals surface area contributed by atoms with Gasteiger partial charge in [0.2, 0.25) is 59.1 Å². The molecule has 78 heavy (non-hydrogen) atoms. The third-order valence-corrected chi connectivity index (χ3v) is 12.2. The number of aromatic nitrogens is 2. The first kappa shape index (κ1) is 68.6. The Labute approximate surface area is 454 Å². The van der Waals surface area contributed by atoms with Gasteiger partial charge in [0.15, 0.2) is 0 Å². The van der Waals surface area contributed by atoms with Gasteiger partial charge in [0, 0.05) is 31.2 Å². The minimum Gasteiger partial charge on any atom is -0.481 e. The first-order chi connectivity index (χ1) is 36.4. The van der Waals surface area contributed by atoms with Crippen molar-refractivity contribution in [3.05, 3.63) is 18.2 Å². The molecular formula is C47H77N13O17S. The number of aliphatic carboxylic acids is 3. The fraction of sp³-hybridized carbons (Fsp3) is 0.660. The van der Waals surface area contributed by atoms with Gasteiger partial charge in [-0.3, -0.25) is 57.5 Å². The van der Waals surface area contributed by atoms with Crippen LogP contribution in [0.5, 0.6) is 0 Å². The predicted octanol–water partition coefficient (Wildman–Crippen LogP) is -4.54. The van der Waals surface area contributed by atoms with E-state index < -0.39 is 182 Å². The van der Waals surface area contributed by atoms with Crippen LogP contribution in [-0.4, -0.2) is 186 Å². The van der Waals surface area contributed by atoms with E-state index in [4.69, 9.17) is 16.6 Å². The van der Waals surface area contributed by atoms with Crippen LogP contribution in [0.25, 0.3) is 0 Å². The number of aliphatic hydroxyl groups is 1. The van der Waals surface area contributed by atoms with Crippen LogP contribution in [0, 0.1) is 17.8 Å². The maximum absolute atomic E-state index is 14.2. The molecule has 1 aromatic heterocycles. The largest absolute Gasteiger partial charge is 0.481 e. The zero-order valence-electron chi connectivity index (χ0n) is 44.8. The number of carboxylic acids is 3. The maximum atomic E-state index is 14.2. The van der Waals surface area contributed by atoms with E-state index in [0.717, 1.165) is 0 Å². The van der Waals surface area contributed by atoms with Crippen LogP contribution in [0.3, 0.4) is 0 Å². The number of nitrogens with one attached hydrogen (secondary N) is 10. The van der Waals surface area contributed by atoms with E-state index in [1.807, 2.05) is 19.2 Å². The van der Waals surface area contributed by atoms with Crippen molar-refractivity contribution < 1.29 is 82.8 Å². The van der Waals surface area contributed by atoms with Gasteiger partial charge in [0.1, 0.15) is 54.4 Å². The van der Waals surface area contributed by atoms with Gasteiger partial charge in [0.05, 0.1) is 25.4 Å². The number of aliphatic hydroxyl groups excluding tert-OH is 1. The van der Waals surface area contributed by atoms with Crippen LogP contribution in [0.2, 0.25) is 0 Å². The molecule has 0 aromatic carbocycles. The summed E-state index contributed by atoms with van der Waals surface area (Å²) in [6.45, 7) is 10.2. The Morgan fingerprint density at radius 1 is 0.564 bits per heavy atom. The molecule has 30 nitrogen and oxygen atoms in total. The normalized spacial score (nSPS) is 15.0. The summed E-state index contributed by atoms with van der Waals surface area (Å²) < 4.78 is 0. The highest BCUT2D eigenvalue weighted by atomic mass is 32.2. The first-order valence-corrected chi connectivity index (χ1v) is 26.3. The molecular weight excluding hydrogens is 1050 g/mol. The van der Waals surface area contributed by atoms with E-state index in [-0.39, 0.29) is 37.4 Å². The number of rotatable bonds is 37. The van der Waals surface area contributed by atoms with E-state index in [1.54, 1.807) is 34.0 Å². The van der Waals surface area contributed by atoms with Crippen molar-refractivity contribution in [3.8, 4) is 0 Å². The molecule has 10 amide bonds. The van der Waals surface area contributed by atoms with Crippen LogP contribution in [-0.2, 0) is 68.7 Å². The van der Waals surface area contributed by atoms with E-state index in [2.05, 4.69) is 52.5 Å². The summed E-state index contributed by atoms with van der Waals surface area (Å²) in [5.74, 6) is -15.1. The number of imidazole rings is 1. The number of aromatic amines is 1. The second-order valence-corrected chi connectivity index (χ2v) is 20.4. The van der Waals surface area contributed by atoms with E-state index in [0.29, 0.717) is 5.69 Å². The summed E-state index contributed by atoms with van der Waals surface area (Å²) in [7, 11) is 0. The van der Waals surface area contributed by atoms with Crippen LogP contribution >= 0.6 is 11.8 Å². The van der Waals surface area contributed by atoms with Crippen molar-refractivity contribution >= 4 is 88.7 Å². The van der Waals surface area contributed by atoms with Crippen molar-refractivity contribution in [2.45, 2.75) is 160 Å². The molecule has 0 aliphatic rings. The molecule has 0 unspecified atom stereocenters. The summed E-state index contributed by atoms with van der Waals surface area (Å²) in [5, 5.41) is 59.5. The van der Waals surface area contributed by atoms with Crippen LogP contribution < -0.4 is 59.3 Å². The second kappa shape index (κ2) is 34.4. The van der Waals surface area contributed by atoms with Gasteiger partial charge in [-0.25, -0.2) is 9.78 Å². The minimum atomic E-state index is -1.95. The van der Waals surface area contributed by atoms with Crippen LogP contribution in [0.4, 0.5) is 0 Å². The van der Waals surface area contributed by atoms with Crippen LogP contribution in [0.15, 0.2) is 12.5 Å². The van der Waals surface area contributed by atoms with Gasteiger partial charge in [0.25, 0.3) is 0 Å². The molecule has 31 heteroatoms. The van der Waals surface area contributed by atoms with Gasteiger partial charge in [-0.15, -0.1) is 0 Å². The maximum Gasteiger partial charge on any atom is 0.326 e. The summed E-state index contributed by atoms with van der Waals surface area (Å²) in [6, 6.07) is -14.9. The zero-order chi connectivity index (χ0) is 59.6. The monoisotopic (exact) mass is 1130 g/mol. The van der Waals surface area contributed by atoms with E-state index in [9.17, 15) is 77.6 Å². The number of amides is 10. The number of H-pyrrole nitrogens is 1. The molecule has 438 valence electrons. The third-order valence-electron chi connectivity index (χ3n) is 11.6. The molecule has 1 rings (SSSR count). The summed E-state index contributed by atoms with van der Waals surface area (Å²) >= 11 is 1.27. The van der Waals surface area contributed by atoms with Crippen molar-refractivity contribution in [1.82, 2.24) is 57.8 Å². The zero-order valence-corrected chi connectivity index (χ0v) is 45.7. The Morgan fingerprint density at radius 2 is 1.01 bits per heavy atom. The van der Waals surface area contributed by atoms with Gasteiger partial charge in [-0.1, -0.05) is 41.5 Å². The smallest absolute Gasteiger partial charge is 0.326 e. The van der Waals surface area contributed by atoms with Gasteiger partial charge in [-0.05, 0) is 62.4 Å².